The number of unbranched alkanes of at least 4 members (excludes halogenated alkanes) is 1. The molecule has 4 aliphatic rings. The summed E-state index contributed by atoms with van der Waals surface area (Å²) in [6.45, 7) is 10.6. The lowest BCUT2D eigenvalue weighted by Gasteiger charge is -2.67. The van der Waals surface area contributed by atoms with E-state index in [1.54, 1.807) is 64.1 Å². The number of carbonyl (C=O) groups is 11. The van der Waals surface area contributed by atoms with Crippen molar-refractivity contribution in [3.05, 3.63) is 82.9 Å². The number of carbonyl (C=O) groups excluding carboxylic acids is 11. The maximum atomic E-state index is 15.3. The summed E-state index contributed by atoms with van der Waals surface area (Å²) in [5.41, 5.74) is -9.33. The van der Waals surface area contributed by atoms with Crippen molar-refractivity contribution in [2.75, 3.05) is 53.2 Å². The molecule has 3 aliphatic carbocycles. The second-order valence-electron chi connectivity index (χ2n) is 24.5. The van der Waals surface area contributed by atoms with E-state index in [-0.39, 0.29) is 92.9 Å². The average Bonchev–Trinajstić information content (AvgIpc) is 0.672. The zero-order valence-corrected chi connectivity index (χ0v) is 52.4. The van der Waals surface area contributed by atoms with Crippen molar-refractivity contribution in [3.8, 4) is 0 Å². The normalized spacial score (nSPS) is 25.9. The highest BCUT2D eigenvalue weighted by Crippen LogP contribution is 2.64. The first-order chi connectivity index (χ1) is 42.3. The molecule has 2 aromatic rings. The van der Waals surface area contributed by atoms with Crippen LogP contribution in [0.5, 0.6) is 0 Å². The number of aliphatic hydroxyl groups excluding tert-OH is 2. The van der Waals surface area contributed by atoms with Gasteiger partial charge in [0.1, 0.15) is 67.5 Å². The fourth-order valence-electron chi connectivity index (χ4n) is 12.3. The Morgan fingerprint density at radius 3 is 2.09 bits per heavy atom. The first-order valence-electron chi connectivity index (χ1n) is 29.8. The standard InChI is InChI=1S/C63H84N4O23/c1-11-84-56(78)40(66-45(72)30-65-44(71)26-25-39(69)31-82-10)24-18-19-27-64-46(73)32-83-33-47(74)87-51(49(37-20-14-12-15-21-37)67-58(80)90-59(4,5)6)57(79)86-41-29-63(81)54(88-55(77)38-22-16-13-17-23-38)52-61(9,53(76)50(75)48(35(41)2)60(63,7)8)42(70)28-43-62(52,34-85-43)89-36(3)68/h12-17,20-23,40-43,49-52,54,70,75,81H,11,18-19,24-34H2,1-10H3,(H,64,73)(H,65,71)(H,66,72)(H,67,80)/t40-,41-,42-,43+,49?,50+,51+,52-,54-,61+,62-,63+/m0/s1. The van der Waals surface area contributed by atoms with Crippen molar-refractivity contribution < 1.29 is 111 Å². The molecular weight excluding hydrogens is 1180 g/mol. The highest BCUT2D eigenvalue weighted by atomic mass is 16.6. The minimum atomic E-state index is -2.52. The minimum absolute atomic E-state index is 0.00520. The first kappa shape index (κ1) is 71.4. The molecule has 4 amide bonds. The van der Waals surface area contributed by atoms with Crippen molar-refractivity contribution in [1.82, 2.24) is 21.3 Å². The number of esters is 5. The van der Waals surface area contributed by atoms with Gasteiger partial charge in [-0.05, 0) is 89.6 Å². The summed E-state index contributed by atoms with van der Waals surface area (Å²) in [5, 5.41) is 48.5. The Morgan fingerprint density at radius 2 is 1.48 bits per heavy atom. The number of amides is 4. The number of methoxy groups -OCH3 is 1. The fraction of sp³-hybridized carbons (Fsp3) is 0.603. The van der Waals surface area contributed by atoms with Crippen LogP contribution in [0, 0.1) is 16.7 Å². The average molecular weight is 1270 g/mol. The molecule has 0 spiro atoms. The molecule has 1 saturated heterocycles. The molecule has 1 aliphatic heterocycles. The number of ether oxygens (including phenoxy) is 9. The summed E-state index contributed by atoms with van der Waals surface area (Å²) in [5.74, 6) is -10.1. The Hall–Kier alpha value is -7.69. The number of hydrogen-bond acceptors (Lipinski definition) is 23. The number of benzene rings is 2. The smallest absolute Gasteiger partial charge is 0.408 e. The molecule has 6 rings (SSSR count). The van der Waals surface area contributed by atoms with Crippen LogP contribution in [0.15, 0.2) is 71.8 Å². The molecule has 2 bridgehead atoms. The maximum Gasteiger partial charge on any atom is 0.408 e. The summed E-state index contributed by atoms with van der Waals surface area (Å²) in [7, 11) is 1.35. The summed E-state index contributed by atoms with van der Waals surface area (Å²) in [4.78, 5) is 148. The Bertz CT molecular complexity index is 3000. The van der Waals surface area contributed by atoms with Crippen LogP contribution in [-0.2, 0) is 85.8 Å². The molecule has 2 aromatic carbocycles. The second kappa shape index (κ2) is 30.4. The molecular formula is C63H84N4O23. The van der Waals surface area contributed by atoms with Crippen LogP contribution in [0.3, 0.4) is 0 Å². The predicted molar refractivity (Wildman–Crippen MR) is 313 cm³/mol. The van der Waals surface area contributed by atoms with Gasteiger partial charge in [-0.15, -0.1) is 0 Å². The molecule has 494 valence electrons. The van der Waals surface area contributed by atoms with Crippen LogP contribution in [-0.4, -0.2) is 193 Å². The second-order valence-corrected chi connectivity index (χ2v) is 24.5. The molecule has 1 heterocycles. The highest BCUT2D eigenvalue weighted by molar-refractivity contribution is 5.94. The lowest BCUT2D eigenvalue weighted by molar-refractivity contribution is -0.346. The van der Waals surface area contributed by atoms with E-state index >= 15 is 9.59 Å². The molecule has 27 nitrogen and oxygen atoms in total. The molecule has 3 fully saturated rings. The third-order valence-electron chi connectivity index (χ3n) is 16.8. The molecule has 2 saturated carbocycles. The van der Waals surface area contributed by atoms with Crippen LogP contribution in [0.1, 0.15) is 129 Å². The third kappa shape index (κ3) is 16.6. The topological polar surface area (TPSA) is 380 Å². The van der Waals surface area contributed by atoms with Crippen LogP contribution in [0.25, 0.3) is 0 Å². The number of ketones is 2. The van der Waals surface area contributed by atoms with E-state index in [1.807, 2.05) is 0 Å². The SMILES string of the molecule is CCOC(=O)[C@H](CCCCNC(=O)COCC(=O)O[C@@H](C(=O)O[C@H]1C[C@@]2(O)[C@@H](OC(=O)c3ccccc3)[C@@H]3[C@]4(OC(C)=O)CO[C@@H]4C[C@H](O)[C@@]3(C)C(=O)[C@H](O)C(=C1C)C2(C)C)C(NC(=O)OC(C)(C)C)c1ccccc1)NC(=O)CNC(=O)CCC(=O)COC. The van der Waals surface area contributed by atoms with Crippen molar-refractivity contribution in [2.24, 2.45) is 16.7 Å². The van der Waals surface area contributed by atoms with Gasteiger partial charge in [-0.25, -0.2) is 24.0 Å². The van der Waals surface area contributed by atoms with E-state index in [1.165, 1.54) is 59.1 Å². The Morgan fingerprint density at radius 1 is 0.811 bits per heavy atom. The third-order valence-corrected chi connectivity index (χ3v) is 16.8. The van der Waals surface area contributed by atoms with Gasteiger partial charge in [0.25, 0.3) is 0 Å². The Kier molecular flexibility index (Phi) is 24.1. The number of hydrogen-bond donors (Lipinski definition) is 7. The predicted octanol–water partition coefficient (Wildman–Crippen LogP) is 2.27. The molecule has 1 unspecified atom stereocenters. The molecule has 12 atom stereocenters. The van der Waals surface area contributed by atoms with Crippen molar-refractivity contribution in [2.45, 2.75) is 173 Å². The van der Waals surface area contributed by atoms with Gasteiger partial charge in [0.05, 0.1) is 42.8 Å². The van der Waals surface area contributed by atoms with Crippen LogP contribution < -0.4 is 21.3 Å². The van der Waals surface area contributed by atoms with Gasteiger partial charge in [-0.2, -0.15) is 0 Å². The zero-order valence-electron chi connectivity index (χ0n) is 52.4. The first-order valence-corrected chi connectivity index (χ1v) is 29.8. The summed E-state index contributed by atoms with van der Waals surface area (Å²) < 4.78 is 51.3. The van der Waals surface area contributed by atoms with Crippen LogP contribution in [0.2, 0.25) is 0 Å². The lowest BCUT2D eigenvalue weighted by Crippen LogP contribution is -2.81. The number of Topliss-reactive ketones (excluding diaryl/α,β-unsaturated/α-hetero) is 2. The van der Waals surface area contributed by atoms with Gasteiger partial charge >= 0.3 is 35.9 Å². The molecule has 7 N–H and O–H groups in total. The van der Waals surface area contributed by atoms with E-state index in [2.05, 4.69) is 21.3 Å². The Labute approximate surface area is 521 Å². The monoisotopic (exact) mass is 1260 g/mol. The van der Waals surface area contributed by atoms with Gasteiger partial charge in [0.2, 0.25) is 23.8 Å². The van der Waals surface area contributed by atoms with Crippen molar-refractivity contribution in [3.63, 3.8) is 0 Å². The Balaban J connectivity index is 1.23. The van der Waals surface area contributed by atoms with Crippen molar-refractivity contribution in [1.29, 1.82) is 0 Å². The minimum Gasteiger partial charge on any atom is -0.464 e. The van der Waals surface area contributed by atoms with Crippen molar-refractivity contribution >= 4 is 65.2 Å². The maximum absolute atomic E-state index is 15.3. The zero-order chi connectivity index (χ0) is 66.5. The van der Waals surface area contributed by atoms with Gasteiger partial charge in [0.15, 0.2) is 17.2 Å². The largest absolute Gasteiger partial charge is 0.464 e. The van der Waals surface area contributed by atoms with Crippen LogP contribution >= 0.6 is 0 Å². The van der Waals surface area contributed by atoms with E-state index in [0.717, 1.165) is 6.92 Å². The van der Waals surface area contributed by atoms with Crippen LogP contribution in [0.4, 0.5) is 4.79 Å². The molecule has 90 heavy (non-hydrogen) atoms. The summed E-state index contributed by atoms with van der Waals surface area (Å²) in [6, 6.07) is 12.7. The quantitative estimate of drug-likeness (QED) is 0.0278. The summed E-state index contributed by atoms with van der Waals surface area (Å²) in [6.07, 6.45) is -12.2. The highest BCUT2D eigenvalue weighted by Gasteiger charge is 2.78. The number of rotatable bonds is 28. The van der Waals surface area contributed by atoms with Gasteiger partial charge in [-0.1, -0.05) is 62.4 Å². The van der Waals surface area contributed by atoms with Gasteiger partial charge in [0, 0.05) is 51.7 Å². The van der Waals surface area contributed by atoms with E-state index < -0.39 is 168 Å². The van der Waals surface area contributed by atoms with E-state index in [9.17, 15) is 58.5 Å². The van der Waals surface area contributed by atoms with Gasteiger partial charge in [-0.3, -0.25) is 28.8 Å². The lowest BCUT2D eigenvalue weighted by atomic mass is 9.44. The number of fused-ring (bicyclic) bond motifs is 5. The molecule has 0 radical (unpaired) electrons. The molecule has 27 heteroatoms. The van der Waals surface area contributed by atoms with Gasteiger partial charge < -0.3 is 79.2 Å². The fourth-order valence-corrected chi connectivity index (χ4v) is 12.3. The number of aliphatic hydroxyl groups is 3. The number of alkyl carbamates (subject to hydrolysis) is 1. The van der Waals surface area contributed by atoms with E-state index in [0.29, 0.717) is 0 Å². The van der Waals surface area contributed by atoms with E-state index in [4.69, 9.17) is 42.6 Å². The molecule has 0 aromatic heterocycles. The summed E-state index contributed by atoms with van der Waals surface area (Å²) >= 11 is 0. The number of nitrogens with one attached hydrogen (secondary N) is 4.